The van der Waals surface area contributed by atoms with Crippen LogP contribution in [0.4, 0.5) is 4.39 Å². The normalized spacial score (nSPS) is 13.0. The molecule has 0 bridgehead atoms. The Labute approximate surface area is 193 Å². The number of benzene rings is 2. The number of carbonyl (C=O) groups is 1. The zero-order chi connectivity index (χ0) is 23.8. The fourth-order valence-electron chi connectivity index (χ4n) is 4.06. The number of aromatic nitrogens is 2. The number of fused-ring (bicyclic) bond motifs is 1. The molecule has 2 heterocycles. The molecule has 0 fully saturated rings. The Hall–Kier alpha value is -3.66. The summed E-state index contributed by atoms with van der Waals surface area (Å²) in [6.07, 6.45) is 3.48. The first-order valence-electron chi connectivity index (χ1n) is 10.9. The molecule has 1 aliphatic heterocycles. The molecule has 0 atom stereocenters. The first kappa shape index (κ1) is 22.5. The Kier molecular flexibility index (Phi) is 5.94. The predicted octanol–water partition coefficient (Wildman–Crippen LogP) is 5.03. The molecule has 0 saturated heterocycles. The Morgan fingerprint density at radius 1 is 1.18 bits per heavy atom. The monoisotopic (exact) mass is 446 g/mol. The molecule has 1 aromatic heterocycles. The number of hydrogen-bond acceptors (Lipinski definition) is 4. The van der Waals surface area contributed by atoms with Gasteiger partial charge in [-0.15, -0.1) is 0 Å². The van der Waals surface area contributed by atoms with Gasteiger partial charge in [-0.25, -0.2) is 9.07 Å². The van der Waals surface area contributed by atoms with Crippen LogP contribution in [0.15, 0.2) is 42.6 Å². The molecule has 6 nitrogen and oxygen atoms in total. The van der Waals surface area contributed by atoms with Gasteiger partial charge in [0.15, 0.2) is 0 Å². The zero-order valence-corrected chi connectivity index (χ0v) is 19.4. The van der Waals surface area contributed by atoms with Crippen molar-refractivity contribution < 1.29 is 13.9 Å². The van der Waals surface area contributed by atoms with E-state index in [1.807, 2.05) is 12.3 Å². The molecule has 170 valence electrons. The minimum absolute atomic E-state index is 0.107. The molecule has 7 heteroatoms. The van der Waals surface area contributed by atoms with Gasteiger partial charge in [0.05, 0.1) is 36.2 Å². The summed E-state index contributed by atoms with van der Waals surface area (Å²) in [7, 11) is 1.49. The highest BCUT2D eigenvalue weighted by atomic mass is 19.1. The summed E-state index contributed by atoms with van der Waals surface area (Å²) in [5.74, 6) is -0.139. The van der Waals surface area contributed by atoms with Gasteiger partial charge in [-0.05, 0) is 54.2 Å². The number of halogens is 1. The van der Waals surface area contributed by atoms with Crippen LogP contribution < -0.4 is 4.74 Å². The maximum Gasteiger partial charge on any atom is 0.258 e. The molecule has 4 rings (SSSR count). The van der Waals surface area contributed by atoms with Crippen LogP contribution in [0, 0.1) is 22.6 Å². The number of hydrogen-bond donors (Lipinski definition) is 0. The largest absolute Gasteiger partial charge is 0.495 e. The number of ether oxygens (including phenoxy) is 1. The third-order valence-corrected chi connectivity index (χ3v) is 5.88. The SMILES string of the molecule is COc1c(C#N)ccc(CCC(C)(C)C)c1C(=O)N1Cc2cn(-c3ccc(F)cc3)nc2C1. The number of rotatable bonds is 5. The van der Waals surface area contributed by atoms with E-state index in [-0.39, 0.29) is 17.1 Å². The van der Waals surface area contributed by atoms with Crippen LogP contribution in [0.5, 0.6) is 5.75 Å². The van der Waals surface area contributed by atoms with Crippen molar-refractivity contribution in [3.63, 3.8) is 0 Å². The van der Waals surface area contributed by atoms with E-state index in [0.29, 0.717) is 36.4 Å². The van der Waals surface area contributed by atoms with Gasteiger partial charge in [-0.1, -0.05) is 26.8 Å². The number of carbonyl (C=O) groups excluding carboxylic acids is 1. The molecule has 0 aliphatic carbocycles. The van der Waals surface area contributed by atoms with E-state index in [1.54, 1.807) is 27.8 Å². The van der Waals surface area contributed by atoms with Gasteiger partial charge in [0.2, 0.25) is 0 Å². The summed E-state index contributed by atoms with van der Waals surface area (Å²) < 4.78 is 20.5. The molecule has 0 spiro atoms. The summed E-state index contributed by atoms with van der Waals surface area (Å²) in [4.78, 5) is 15.4. The summed E-state index contributed by atoms with van der Waals surface area (Å²) in [5.41, 5.74) is 4.30. The highest BCUT2D eigenvalue weighted by Gasteiger charge is 2.31. The van der Waals surface area contributed by atoms with Crippen molar-refractivity contribution in [3.8, 4) is 17.5 Å². The smallest absolute Gasteiger partial charge is 0.258 e. The maximum atomic E-state index is 13.7. The van der Waals surface area contributed by atoms with Crippen LogP contribution in [0.25, 0.3) is 5.69 Å². The lowest BCUT2D eigenvalue weighted by molar-refractivity contribution is 0.0744. The van der Waals surface area contributed by atoms with E-state index < -0.39 is 0 Å². The maximum absolute atomic E-state index is 13.7. The average molecular weight is 447 g/mol. The van der Waals surface area contributed by atoms with Crippen LogP contribution in [0.3, 0.4) is 0 Å². The van der Waals surface area contributed by atoms with Crippen LogP contribution in [0.2, 0.25) is 0 Å². The fourth-order valence-corrected chi connectivity index (χ4v) is 4.06. The molecular formula is C26H27FN4O2. The number of aryl methyl sites for hydroxylation is 1. The molecule has 1 aliphatic rings. The number of amides is 1. The molecule has 33 heavy (non-hydrogen) atoms. The van der Waals surface area contributed by atoms with Crippen LogP contribution >= 0.6 is 0 Å². The standard InChI is InChI=1S/C26H27FN4O2/c1-26(2,3)12-11-17-5-6-18(13-28)24(33-4)23(17)25(32)30-14-19-15-31(29-22(19)16-30)21-9-7-20(27)8-10-21/h5-10,15H,11-12,14,16H2,1-4H3. The van der Waals surface area contributed by atoms with Gasteiger partial charge < -0.3 is 9.64 Å². The Balaban J connectivity index is 1.62. The van der Waals surface area contributed by atoms with E-state index in [9.17, 15) is 14.4 Å². The minimum atomic E-state index is -0.300. The van der Waals surface area contributed by atoms with E-state index in [1.165, 1.54) is 19.2 Å². The Bertz CT molecular complexity index is 1210. The Morgan fingerprint density at radius 3 is 2.52 bits per heavy atom. The summed E-state index contributed by atoms with van der Waals surface area (Å²) >= 11 is 0. The van der Waals surface area contributed by atoms with Gasteiger partial charge in [-0.2, -0.15) is 10.4 Å². The quantitative estimate of drug-likeness (QED) is 0.551. The van der Waals surface area contributed by atoms with Crippen molar-refractivity contribution in [2.24, 2.45) is 5.41 Å². The predicted molar refractivity (Wildman–Crippen MR) is 123 cm³/mol. The Morgan fingerprint density at radius 2 is 1.91 bits per heavy atom. The van der Waals surface area contributed by atoms with Gasteiger partial charge >= 0.3 is 0 Å². The number of nitrogens with zero attached hydrogens (tertiary/aromatic N) is 4. The van der Waals surface area contributed by atoms with Crippen LogP contribution in [0.1, 0.15) is 59.9 Å². The van der Waals surface area contributed by atoms with Crippen LogP contribution in [-0.4, -0.2) is 27.7 Å². The van der Waals surface area contributed by atoms with E-state index in [2.05, 4.69) is 31.9 Å². The fraction of sp³-hybridized carbons (Fsp3) is 0.346. The minimum Gasteiger partial charge on any atom is -0.495 e. The van der Waals surface area contributed by atoms with Gasteiger partial charge in [-0.3, -0.25) is 4.79 Å². The molecule has 0 saturated carbocycles. The van der Waals surface area contributed by atoms with E-state index in [4.69, 9.17) is 4.74 Å². The van der Waals surface area contributed by atoms with Crippen molar-refractivity contribution in [1.29, 1.82) is 5.26 Å². The third kappa shape index (κ3) is 4.61. The van der Waals surface area contributed by atoms with Crippen molar-refractivity contribution in [2.75, 3.05) is 7.11 Å². The number of methoxy groups -OCH3 is 1. The topological polar surface area (TPSA) is 71.2 Å². The molecule has 0 radical (unpaired) electrons. The van der Waals surface area contributed by atoms with Crippen molar-refractivity contribution >= 4 is 5.91 Å². The van der Waals surface area contributed by atoms with E-state index in [0.717, 1.165) is 28.9 Å². The third-order valence-electron chi connectivity index (χ3n) is 5.88. The van der Waals surface area contributed by atoms with E-state index >= 15 is 0 Å². The van der Waals surface area contributed by atoms with Gasteiger partial charge in [0.25, 0.3) is 5.91 Å². The highest BCUT2D eigenvalue weighted by molar-refractivity contribution is 5.99. The second-order valence-electron chi connectivity index (χ2n) is 9.54. The van der Waals surface area contributed by atoms with Gasteiger partial charge in [0.1, 0.15) is 17.6 Å². The highest BCUT2D eigenvalue weighted by Crippen LogP contribution is 2.33. The van der Waals surface area contributed by atoms with Crippen molar-refractivity contribution in [2.45, 2.75) is 46.7 Å². The molecule has 0 N–H and O–H groups in total. The van der Waals surface area contributed by atoms with Crippen molar-refractivity contribution in [3.05, 3.63) is 76.4 Å². The second kappa shape index (κ2) is 8.70. The molecule has 1 amide bonds. The summed E-state index contributed by atoms with van der Waals surface area (Å²) in [6.45, 7) is 7.26. The number of nitriles is 1. The average Bonchev–Trinajstić information content (AvgIpc) is 3.36. The lowest BCUT2D eigenvalue weighted by Gasteiger charge is -2.23. The molecule has 3 aromatic rings. The molecule has 0 unspecified atom stereocenters. The molecule has 2 aromatic carbocycles. The first-order valence-corrected chi connectivity index (χ1v) is 10.9. The van der Waals surface area contributed by atoms with Crippen molar-refractivity contribution in [1.82, 2.24) is 14.7 Å². The molecular weight excluding hydrogens is 419 g/mol. The second-order valence-corrected chi connectivity index (χ2v) is 9.54. The summed E-state index contributed by atoms with van der Waals surface area (Å²) in [5, 5.41) is 14.1. The first-order chi connectivity index (χ1) is 15.7. The lowest BCUT2D eigenvalue weighted by Crippen LogP contribution is -2.28. The zero-order valence-electron chi connectivity index (χ0n) is 19.4. The summed E-state index contributed by atoms with van der Waals surface area (Å²) in [6, 6.07) is 11.8. The van der Waals surface area contributed by atoms with Gasteiger partial charge in [0, 0.05) is 18.3 Å². The van der Waals surface area contributed by atoms with Crippen LogP contribution in [-0.2, 0) is 19.5 Å². The lowest BCUT2D eigenvalue weighted by atomic mass is 9.87.